The summed E-state index contributed by atoms with van der Waals surface area (Å²) in [6.07, 6.45) is 0.953. The van der Waals surface area contributed by atoms with E-state index in [1.165, 1.54) is 0 Å². The molecule has 1 aromatic carbocycles. The zero-order valence-electron chi connectivity index (χ0n) is 9.87. The summed E-state index contributed by atoms with van der Waals surface area (Å²) < 4.78 is 0. The predicted molar refractivity (Wildman–Crippen MR) is 70.8 cm³/mol. The van der Waals surface area contributed by atoms with Crippen LogP contribution in [0.4, 0.5) is 0 Å². The molecule has 2 rings (SSSR count). The maximum atomic E-state index is 11.8. The fraction of sp³-hybridized carbons (Fsp3) is 0.385. The number of benzene rings is 1. The molecule has 0 aliphatic carbocycles. The predicted octanol–water partition coefficient (Wildman–Crippen LogP) is 3.15. The monoisotopic (exact) mass is 285 g/mol. The van der Waals surface area contributed by atoms with E-state index in [-0.39, 0.29) is 30.1 Å². The highest BCUT2D eigenvalue weighted by molar-refractivity contribution is 6.35. The van der Waals surface area contributed by atoms with Crippen LogP contribution in [0.15, 0.2) is 18.2 Å². The van der Waals surface area contributed by atoms with Gasteiger partial charge in [0.1, 0.15) is 0 Å². The fourth-order valence-electron chi connectivity index (χ4n) is 2.40. The lowest BCUT2D eigenvalue weighted by molar-refractivity contribution is -0.137. The van der Waals surface area contributed by atoms with Crippen LogP contribution in [0.1, 0.15) is 31.2 Å². The van der Waals surface area contributed by atoms with E-state index < -0.39 is 0 Å². The van der Waals surface area contributed by atoms with Gasteiger partial charge in [0.25, 0.3) is 0 Å². The number of carbonyl (C=O) groups is 2. The van der Waals surface area contributed by atoms with Crippen molar-refractivity contribution in [3.8, 4) is 0 Å². The lowest BCUT2D eigenvalue weighted by atomic mass is 9.79. The molecule has 1 saturated heterocycles. The lowest BCUT2D eigenvalue weighted by Crippen LogP contribution is -2.44. The molecule has 18 heavy (non-hydrogen) atoms. The van der Waals surface area contributed by atoms with E-state index in [1.54, 1.807) is 18.2 Å². The minimum absolute atomic E-state index is 0.166. The van der Waals surface area contributed by atoms with E-state index in [1.807, 2.05) is 6.92 Å². The average Bonchev–Trinajstić information content (AvgIpc) is 2.28. The Labute approximate surface area is 115 Å². The largest absolute Gasteiger partial charge is 0.296 e. The van der Waals surface area contributed by atoms with Crippen molar-refractivity contribution in [3.63, 3.8) is 0 Å². The van der Waals surface area contributed by atoms with Gasteiger partial charge in [0.2, 0.25) is 11.8 Å². The van der Waals surface area contributed by atoms with Gasteiger partial charge in [-0.2, -0.15) is 0 Å². The minimum atomic E-state index is -0.249. The van der Waals surface area contributed by atoms with E-state index in [9.17, 15) is 9.59 Å². The summed E-state index contributed by atoms with van der Waals surface area (Å²) in [7, 11) is 0. The van der Waals surface area contributed by atoms with E-state index in [0.717, 1.165) is 5.56 Å². The van der Waals surface area contributed by atoms with Crippen molar-refractivity contribution < 1.29 is 9.59 Å². The van der Waals surface area contributed by atoms with Crippen molar-refractivity contribution in [1.29, 1.82) is 0 Å². The fourth-order valence-corrected chi connectivity index (χ4v) is 2.95. The number of piperidine rings is 1. The topological polar surface area (TPSA) is 46.2 Å². The minimum Gasteiger partial charge on any atom is -0.296 e. The molecule has 0 bridgehead atoms. The Bertz CT molecular complexity index is 502. The number of imide groups is 1. The number of rotatable bonds is 2. The number of nitrogens with one attached hydrogen (secondary N) is 1. The standard InChI is InChI=1S/C13H13Cl2NO2/c1-2-8-10(6-12(17)16-13(8)18)9-4-3-7(14)5-11(9)15/h3-5,8,10H,2,6H2,1H3,(H,16,17,18). The van der Waals surface area contributed by atoms with Crippen LogP contribution >= 0.6 is 23.2 Å². The lowest BCUT2D eigenvalue weighted by Gasteiger charge is -2.30. The summed E-state index contributed by atoms with van der Waals surface area (Å²) in [5.41, 5.74) is 0.816. The highest BCUT2D eigenvalue weighted by atomic mass is 35.5. The first kappa shape index (κ1) is 13.4. The van der Waals surface area contributed by atoms with Crippen LogP contribution in [-0.2, 0) is 9.59 Å². The molecule has 1 fully saturated rings. The van der Waals surface area contributed by atoms with E-state index in [2.05, 4.69) is 5.32 Å². The molecule has 5 heteroatoms. The molecule has 0 radical (unpaired) electrons. The quantitative estimate of drug-likeness (QED) is 0.849. The van der Waals surface area contributed by atoms with Crippen molar-refractivity contribution in [2.24, 2.45) is 5.92 Å². The maximum absolute atomic E-state index is 11.8. The number of carbonyl (C=O) groups excluding carboxylic acids is 2. The van der Waals surface area contributed by atoms with Crippen LogP contribution in [0.25, 0.3) is 0 Å². The van der Waals surface area contributed by atoms with E-state index in [0.29, 0.717) is 16.5 Å². The van der Waals surface area contributed by atoms with Gasteiger partial charge in [0, 0.05) is 28.3 Å². The summed E-state index contributed by atoms with van der Waals surface area (Å²) in [5.74, 6) is -0.854. The zero-order chi connectivity index (χ0) is 13.3. The molecule has 96 valence electrons. The highest BCUT2D eigenvalue weighted by Crippen LogP contribution is 2.37. The molecule has 2 unspecified atom stereocenters. The summed E-state index contributed by atoms with van der Waals surface area (Å²) in [5, 5.41) is 3.42. The van der Waals surface area contributed by atoms with Crippen LogP contribution in [0.5, 0.6) is 0 Å². The second-order valence-electron chi connectivity index (χ2n) is 4.40. The summed E-state index contributed by atoms with van der Waals surface area (Å²) in [6.45, 7) is 1.93. The van der Waals surface area contributed by atoms with Gasteiger partial charge >= 0.3 is 0 Å². The summed E-state index contributed by atoms with van der Waals surface area (Å²) in [6, 6.07) is 5.17. The second-order valence-corrected chi connectivity index (χ2v) is 5.25. The molecule has 0 saturated carbocycles. The summed E-state index contributed by atoms with van der Waals surface area (Å²) >= 11 is 12.0. The second kappa shape index (κ2) is 5.29. The summed E-state index contributed by atoms with van der Waals surface area (Å²) in [4.78, 5) is 23.3. The zero-order valence-corrected chi connectivity index (χ0v) is 11.4. The van der Waals surface area contributed by atoms with Crippen molar-refractivity contribution >= 4 is 35.0 Å². The first-order chi connectivity index (χ1) is 8.52. The third-order valence-corrected chi connectivity index (χ3v) is 3.85. The van der Waals surface area contributed by atoms with Crippen molar-refractivity contribution in [2.75, 3.05) is 0 Å². The third kappa shape index (κ3) is 2.52. The molecule has 3 nitrogen and oxygen atoms in total. The van der Waals surface area contributed by atoms with Gasteiger partial charge in [-0.25, -0.2) is 0 Å². The number of hydrogen-bond donors (Lipinski definition) is 1. The Hall–Kier alpha value is -1.06. The third-order valence-electron chi connectivity index (χ3n) is 3.29. The molecule has 2 amide bonds. The number of amides is 2. The molecule has 1 heterocycles. The maximum Gasteiger partial charge on any atom is 0.230 e. The highest BCUT2D eigenvalue weighted by Gasteiger charge is 2.36. The molecule has 0 aromatic heterocycles. The van der Waals surface area contributed by atoms with Crippen LogP contribution in [0.2, 0.25) is 10.0 Å². The van der Waals surface area contributed by atoms with Crippen LogP contribution in [-0.4, -0.2) is 11.8 Å². The normalized spacial score (nSPS) is 23.9. The molecule has 0 spiro atoms. The molecular weight excluding hydrogens is 273 g/mol. The molecule has 1 aromatic rings. The van der Waals surface area contributed by atoms with Crippen molar-refractivity contribution in [3.05, 3.63) is 33.8 Å². The molecule has 2 atom stereocenters. The molecular formula is C13H13Cl2NO2. The number of halogens is 2. The molecule has 1 aliphatic rings. The smallest absolute Gasteiger partial charge is 0.230 e. The Morgan fingerprint density at radius 3 is 2.67 bits per heavy atom. The van der Waals surface area contributed by atoms with Crippen LogP contribution < -0.4 is 5.32 Å². The van der Waals surface area contributed by atoms with Gasteiger partial charge in [-0.1, -0.05) is 36.2 Å². The van der Waals surface area contributed by atoms with Gasteiger partial charge in [-0.3, -0.25) is 14.9 Å². The first-order valence-corrected chi connectivity index (χ1v) is 6.57. The van der Waals surface area contributed by atoms with Gasteiger partial charge in [0.15, 0.2) is 0 Å². The Morgan fingerprint density at radius 2 is 2.06 bits per heavy atom. The van der Waals surface area contributed by atoms with Gasteiger partial charge in [-0.15, -0.1) is 0 Å². The van der Waals surface area contributed by atoms with Gasteiger partial charge in [0.05, 0.1) is 0 Å². The van der Waals surface area contributed by atoms with Crippen molar-refractivity contribution in [1.82, 2.24) is 5.32 Å². The number of hydrogen-bond acceptors (Lipinski definition) is 2. The average molecular weight is 286 g/mol. The Morgan fingerprint density at radius 1 is 1.33 bits per heavy atom. The van der Waals surface area contributed by atoms with Gasteiger partial charge < -0.3 is 0 Å². The Kier molecular flexibility index (Phi) is 3.93. The van der Waals surface area contributed by atoms with E-state index >= 15 is 0 Å². The van der Waals surface area contributed by atoms with E-state index in [4.69, 9.17) is 23.2 Å². The van der Waals surface area contributed by atoms with Gasteiger partial charge in [-0.05, 0) is 24.1 Å². The molecule has 1 aliphatic heterocycles. The van der Waals surface area contributed by atoms with Crippen LogP contribution in [0.3, 0.4) is 0 Å². The molecule has 1 N–H and O–H groups in total. The Balaban J connectivity index is 2.39. The van der Waals surface area contributed by atoms with Crippen LogP contribution in [0, 0.1) is 5.92 Å². The first-order valence-electron chi connectivity index (χ1n) is 5.81. The van der Waals surface area contributed by atoms with Crippen molar-refractivity contribution in [2.45, 2.75) is 25.7 Å². The SMILES string of the molecule is CCC1C(=O)NC(=O)CC1c1ccc(Cl)cc1Cl.